The van der Waals surface area contributed by atoms with E-state index in [2.05, 4.69) is 32.2 Å². The van der Waals surface area contributed by atoms with Crippen LogP contribution in [0.4, 0.5) is 0 Å². The molecule has 0 aliphatic heterocycles. The second kappa shape index (κ2) is 8.52. The van der Waals surface area contributed by atoms with E-state index >= 15 is 0 Å². The van der Waals surface area contributed by atoms with E-state index in [1.54, 1.807) is 0 Å². The molecule has 0 fully saturated rings. The lowest BCUT2D eigenvalue weighted by atomic mass is 10.1. The molecule has 1 N–H and O–H groups in total. The monoisotopic (exact) mass is 269 g/mol. The van der Waals surface area contributed by atoms with E-state index < -0.39 is 0 Å². The molecule has 1 aromatic rings. The minimum Gasteiger partial charge on any atom is -0.379 e. The number of hydrogen-bond acceptors (Lipinski definition) is 2. The summed E-state index contributed by atoms with van der Waals surface area (Å²) in [4.78, 5) is 0. The first-order valence-electron chi connectivity index (χ1n) is 6.70. The summed E-state index contributed by atoms with van der Waals surface area (Å²) in [5.41, 5.74) is 1.24. The van der Waals surface area contributed by atoms with Gasteiger partial charge in [-0.1, -0.05) is 23.7 Å². The molecule has 0 heterocycles. The van der Waals surface area contributed by atoms with Crippen molar-refractivity contribution >= 4 is 11.6 Å². The zero-order chi connectivity index (χ0) is 13.4. The van der Waals surface area contributed by atoms with Crippen molar-refractivity contribution in [2.24, 2.45) is 0 Å². The van der Waals surface area contributed by atoms with Crippen molar-refractivity contribution in [1.29, 1.82) is 0 Å². The lowest BCUT2D eigenvalue weighted by Gasteiger charge is -2.14. The second-order valence-corrected chi connectivity index (χ2v) is 5.29. The van der Waals surface area contributed by atoms with Crippen molar-refractivity contribution in [3.63, 3.8) is 0 Å². The van der Waals surface area contributed by atoms with Gasteiger partial charge >= 0.3 is 0 Å². The van der Waals surface area contributed by atoms with Gasteiger partial charge in [-0.3, -0.25) is 0 Å². The Balaban J connectivity index is 2.15. The van der Waals surface area contributed by atoms with Gasteiger partial charge in [-0.15, -0.1) is 0 Å². The van der Waals surface area contributed by atoms with Gasteiger partial charge in [0.05, 0.1) is 6.10 Å². The normalized spacial score (nSPS) is 12.9. The third-order valence-corrected chi connectivity index (χ3v) is 3.06. The number of nitrogens with one attached hydrogen (secondary N) is 1. The molecule has 1 aromatic carbocycles. The highest BCUT2D eigenvalue weighted by molar-refractivity contribution is 6.30. The van der Waals surface area contributed by atoms with Crippen LogP contribution < -0.4 is 5.32 Å². The van der Waals surface area contributed by atoms with Crippen LogP contribution in [0.25, 0.3) is 0 Å². The quantitative estimate of drug-likeness (QED) is 0.715. The maximum atomic E-state index is 5.98. The molecule has 0 saturated carbocycles. The third-order valence-electron chi connectivity index (χ3n) is 2.82. The molecule has 2 nitrogen and oxygen atoms in total. The Morgan fingerprint density at radius 1 is 1.22 bits per heavy atom. The van der Waals surface area contributed by atoms with Crippen molar-refractivity contribution in [1.82, 2.24) is 5.32 Å². The summed E-state index contributed by atoms with van der Waals surface area (Å²) < 4.78 is 5.50. The van der Waals surface area contributed by atoms with E-state index in [-0.39, 0.29) is 0 Å². The lowest BCUT2D eigenvalue weighted by molar-refractivity contribution is 0.0759. The molecule has 0 aliphatic rings. The average Bonchev–Trinajstić information content (AvgIpc) is 2.33. The number of benzene rings is 1. The Labute approximate surface area is 116 Å². The van der Waals surface area contributed by atoms with Gasteiger partial charge < -0.3 is 10.1 Å². The Morgan fingerprint density at radius 2 is 2.00 bits per heavy atom. The maximum absolute atomic E-state index is 5.98. The zero-order valence-corrected chi connectivity index (χ0v) is 12.3. The molecule has 1 rings (SSSR count). The molecule has 0 amide bonds. The highest BCUT2D eigenvalue weighted by Crippen LogP contribution is 2.17. The largest absolute Gasteiger partial charge is 0.379 e. The van der Waals surface area contributed by atoms with E-state index in [1.807, 2.05) is 18.2 Å². The fourth-order valence-electron chi connectivity index (χ4n) is 1.76. The van der Waals surface area contributed by atoms with E-state index in [0.717, 1.165) is 31.0 Å². The first-order valence-corrected chi connectivity index (χ1v) is 7.08. The first-order chi connectivity index (χ1) is 8.59. The standard InChI is InChI=1S/C15H24ClNO/c1-12(2)18-10-5-4-9-17-13(3)14-7-6-8-15(16)11-14/h6-8,11-13,17H,4-5,9-10H2,1-3H3. The molecular weight excluding hydrogens is 246 g/mol. The van der Waals surface area contributed by atoms with Crippen LogP contribution in [0.2, 0.25) is 5.02 Å². The predicted molar refractivity (Wildman–Crippen MR) is 78.2 cm³/mol. The molecule has 0 radical (unpaired) electrons. The number of unbranched alkanes of at least 4 members (excludes halogenated alkanes) is 1. The van der Waals surface area contributed by atoms with Crippen LogP contribution in [0.15, 0.2) is 24.3 Å². The smallest absolute Gasteiger partial charge is 0.0518 e. The van der Waals surface area contributed by atoms with Gasteiger partial charge in [0.15, 0.2) is 0 Å². The summed E-state index contributed by atoms with van der Waals surface area (Å²) >= 11 is 5.98. The maximum Gasteiger partial charge on any atom is 0.0518 e. The predicted octanol–water partition coefficient (Wildman–Crippen LogP) is 4.20. The average molecular weight is 270 g/mol. The fraction of sp³-hybridized carbons (Fsp3) is 0.600. The van der Waals surface area contributed by atoms with Gasteiger partial charge in [-0.05, 0) is 57.9 Å². The molecule has 18 heavy (non-hydrogen) atoms. The fourth-order valence-corrected chi connectivity index (χ4v) is 1.96. The Bertz CT molecular complexity index is 341. The van der Waals surface area contributed by atoms with Gasteiger partial charge in [0.1, 0.15) is 0 Å². The summed E-state index contributed by atoms with van der Waals surface area (Å²) in [5.74, 6) is 0. The zero-order valence-electron chi connectivity index (χ0n) is 11.6. The van der Waals surface area contributed by atoms with E-state index in [4.69, 9.17) is 16.3 Å². The Kier molecular flexibility index (Phi) is 7.33. The SMILES string of the molecule is CC(C)OCCCCNC(C)c1cccc(Cl)c1. The van der Waals surface area contributed by atoms with Crippen LogP contribution in [0.1, 0.15) is 45.2 Å². The Hall–Kier alpha value is -0.570. The molecule has 0 bridgehead atoms. The van der Waals surface area contributed by atoms with Crippen LogP contribution in [-0.4, -0.2) is 19.3 Å². The second-order valence-electron chi connectivity index (χ2n) is 4.86. The molecule has 0 aromatic heterocycles. The summed E-state index contributed by atoms with van der Waals surface area (Å²) in [6, 6.07) is 8.36. The number of rotatable bonds is 8. The van der Waals surface area contributed by atoms with Gasteiger partial charge in [0, 0.05) is 17.7 Å². The van der Waals surface area contributed by atoms with Crippen molar-refractivity contribution in [2.75, 3.05) is 13.2 Å². The molecule has 0 saturated heterocycles. The van der Waals surface area contributed by atoms with Crippen LogP contribution in [0.5, 0.6) is 0 Å². The molecular formula is C15H24ClNO. The lowest BCUT2D eigenvalue weighted by Crippen LogP contribution is -2.20. The molecule has 3 heteroatoms. The molecule has 0 aliphatic carbocycles. The highest BCUT2D eigenvalue weighted by atomic mass is 35.5. The van der Waals surface area contributed by atoms with Crippen molar-refractivity contribution in [3.8, 4) is 0 Å². The van der Waals surface area contributed by atoms with Crippen LogP contribution in [-0.2, 0) is 4.74 Å². The van der Waals surface area contributed by atoms with Gasteiger partial charge in [0.25, 0.3) is 0 Å². The minimum atomic E-state index is 0.336. The highest BCUT2D eigenvalue weighted by Gasteiger charge is 2.04. The van der Waals surface area contributed by atoms with Crippen molar-refractivity contribution in [2.45, 2.75) is 45.8 Å². The van der Waals surface area contributed by atoms with E-state index in [1.165, 1.54) is 5.56 Å². The molecule has 102 valence electrons. The number of ether oxygens (including phenoxy) is 1. The van der Waals surface area contributed by atoms with Gasteiger partial charge in [-0.2, -0.15) is 0 Å². The molecule has 1 unspecified atom stereocenters. The van der Waals surface area contributed by atoms with Crippen LogP contribution >= 0.6 is 11.6 Å². The van der Waals surface area contributed by atoms with Crippen molar-refractivity contribution in [3.05, 3.63) is 34.9 Å². The summed E-state index contributed by atoms with van der Waals surface area (Å²) in [7, 11) is 0. The Morgan fingerprint density at radius 3 is 2.67 bits per heavy atom. The first kappa shape index (κ1) is 15.5. The van der Waals surface area contributed by atoms with E-state index in [9.17, 15) is 0 Å². The minimum absolute atomic E-state index is 0.336. The van der Waals surface area contributed by atoms with Gasteiger partial charge in [-0.25, -0.2) is 0 Å². The number of halogens is 1. The third kappa shape index (κ3) is 6.39. The van der Waals surface area contributed by atoms with Crippen molar-refractivity contribution < 1.29 is 4.74 Å². The van der Waals surface area contributed by atoms with Crippen LogP contribution in [0.3, 0.4) is 0 Å². The number of hydrogen-bond donors (Lipinski definition) is 1. The topological polar surface area (TPSA) is 21.3 Å². The summed E-state index contributed by atoms with van der Waals surface area (Å²) in [6.45, 7) is 8.16. The summed E-state index contributed by atoms with van der Waals surface area (Å²) in [6.07, 6.45) is 2.58. The molecule has 0 spiro atoms. The molecule has 1 atom stereocenters. The van der Waals surface area contributed by atoms with E-state index in [0.29, 0.717) is 12.1 Å². The van der Waals surface area contributed by atoms with Gasteiger partial charge in [0.2, 0.25) is 0 Å². The summed E-state index contributed by atoms with van der Waals surface area (Å²) in [5, 5.41) is 4.30. The van der Waals surface area contributed by atoms with Crippen LogP contribution in [0, 0.1) is 0 Å².